The van der Waals surface area contributed by atoms with Crippen LogP contribution in [0, 0.1) is 0 Å². The third-order valence-corrected chi connectivity index (χ3v) is 7.80. The number of anilines is 1. The minimum atomic E-state index is -4.00. The highest BCUT2D eigenvalue weighted by molar-refractivity contribution is 7.93. The van der Waals surface area contributed by atoms with E-state index in [2.05, 4.69) is 30.0 Å². The molecule has 4 rings (SSSR count). The Kier molecular flexibility index (Phi) is 7.29. The lowest BCUT2D eigenvalue weighted by Gasteiger charge is -2.21. The summed E-state index contributed by atoms with van der Waals surface area (Å²) in [6, 6.07) is 6.95. The third-order valence-electron chi connectivity index (χ3n) is 5.95. The van der Waals surface area contributed by atoms with Crippen molar-refractivity contribution in [3.63, 3.8) is 0 Å². The van der Waals surface area contributed by atoms with Crippen LogP contribution in [0.2, 0.25) is 0 Å². The molecule has 14 heteroatoms. The molecule has 0 aliphatic rings. The number of hydrogen-bond acceptors (Lipinski definition) is 10. The summed E-state index contributed by atoms with van der Waals surface area (Å²) in [5.41, 5.74) is 0.886. The molecule has 4 aromatic rings. The maximum Gasteiger partial charge on any atom is 0.243 e. The first-order valence-electron chi connectivity index (χ1n) is 11.2. The Labute approximate surface area is 214 Å². The van der Waals surface area contributed by atoms with Crippen molar-refractivity contribution in [3.05, 3.63) is 48.7 Å². The summed E-state index contributed by atoms with van der Waals surface area (Å²) in [6.07, 6.45) is 4.74. The summed E-state index contributed by atoms with van der Waals surface area (Å²) in [7, 11) is 2.28. The van der Waals surface area contributed by atoms with Gasteiger partial charge in [-0.25, -0.2) is 18.4 Å². The predicted octanol–water partition coefficient (Wildman–Crippen LogP) is 2.42. The topological polar surface area (TPSA) is 148 Å². The molecule has 37 heavy (non-hydrogen) atoms. The molecule has 3 aromatic heterocycles. The van der Waals surface area contributed by atoms with Crippen LogP contribution in [0.1, 0.15) is 25.6 Å². The Balaban J connectivity index is 1.79. The minimum Gasteiger partial charge on any atom is -0.494 e. The van der Waals surface area contributed by atoms with Crippen molar-refractivity contribution in [2.24, 2.45) is 7.05 Å². The second-order valence-corrected chi connectivity index (χ2v) is 10.2. The van der Waals surface area contributed by atoms with Gasteiger partial charge in [0, 0.05) is 19.2 Å². The number of hydrogen-bond donors (Lipinski definition) is 1. The monoisotopic (exact) mass is 528 g/mol. The molecule has 1 N–H and O–H groups in total. The van der Waals surface area contributed by atoms with Gasteiger partial charge in [0.1, 0.15) is 28.7 Å². The normalized spacial score (nSPS) is 13.1. The molecule has 0 radical (unpaired) electrons. The van der Waals surface area contributed by atoms with E-state index in [0.717, 1.165) is 0 Å². The van der Waals surface area contributed by atoms with E-state index in [1.807, 2.05) is 0 Å². The number of ether oxygens (including phenoxy) is 3. The fraction of sp³-hybridized carbons (Fsp3) is 0.348. The van der Waals surface area contributed by atoms with Gasteiger partial charge in [-0.05, 0) is 25.1 Å². The van der Waals surface area contributed by atoms with Crippen LogP contribution < -0.4 is 18.9 Å². The van der Waals surface area contributed by atoms with Crippen LogP contribution in [0.3, 0.4) is 0 Å². The number of benzene rings is 1. The maximum absolute atomic E-state index is 13.5. The molecule has 1 aromatic carbocycles. The molecule has 0 saturated carbocycles. The fourth-order valence-corrected chi connectivity index (χ4v) is 4.91. The van der Waals surface area contributed by atoms with Crippen LogP contribution in [0.15, 0.2) is 42.9 Å². The minimum absolute atomic E-state index is 0.0573. The van der Waals surface area contributed by atoms with Gasteiger partial charge in [0.2, 0.25) is 16.0 Å². The third kappa shape index (κ3) is 5.05. The molecular weight excluding hydrogens is 500 g/mol. The van der Waals surface area contributed by atoms with E-state index < -0.39 is 21.2 Å². The van der Waals surface area contributed by atoms with Gasteiger partial charge in [0.05, 0.1) is 39.0 Å². The highest BCUT2D eigenvalue weighted by atomic mass is 32.2. The average Bonchev–Trinajstić information content (AvgIpc) is 3.52. The van der Waals surface area contributed by atoms with Crippen molar-refractivity contribution >= 4 is 16.0 Å². The summed E-state index contributed by atoms with van der Waals surface area (Å²) < 4.78 is 49.0. The smallest absolute Gasteiger partial charge is 0.243 e. The first-order chi connectivity index (χ1) is 17.7. The lowest BCUT2D eigenvalue weighted by molar-refractivity contribution is 0.391. The van der Waals surface area contributed by atoms with Gasteiger partial charge >= 0.3 is 0 Å². The molecule has 196 valence electrons. The highest BCUT2D eigenvalue weighted by Crippen LogP contribution is 2.37. The fourth-order valence-electron chi connectivity index (χ4n) is 3.68. The van der Waals surface area contributed by atoms with E-state index in [9.17, 15) is 8.42 Å². The highest BCUT2D eigenvalue weighted by Gasteiger charge is 2.32. The van der Waals surface area contributed by atoms with E-state index in [0.29, 0.717) is 40.3 Å². The summed E-state index contributed by atoms with van der Waals surface area (Å²) in [4.78, 5) is 8.49. The SMILES string of the molecule is COc1cnc([C@H](C)[C@@H](C)S(=O)(=O)Nc2nnc(-c3ccn(C)n3)n2-c2c(OC)cccc2OC)nc1. The summed E-state index contributed by atoms with van der Waals surface area (Å²) in [5, 5.41) is 11.9. The summed E-state index contributed by atoms with van der Waals surface area (Å²) in [6.45, 7) is 3.31. The van der Waals surface area contributed by atoms with Crippen molar-refractivity contribution in [1.82, 2.24) is 34.5 Å². The van der Waals surface area contributed by atoms with Gasteiger partial charge in [-0.2, -0.15) is 5.10 Å². The molecule has 0 aliphatic carbocycles. The molecule has 2 atom stereocenters. The molecule has 0 saturated heterocycles. The number of nitrogens with one attached hydrogen (secondary N) is 1. The number of aromatic nitrogens is 7. The van der Waals surface area contributed by atoms with Gasteiger partial charge in [-0.15, -0.1) is 10.2 Å². The molecule has 13 nitrogen and oxygen atoms in total. The zero-order valence-electron chi connectivity index (χ0n) is 21.3. The number of rotatable bonds is 10. The first-order valence-corrected chi connectivity index (χ1v) is 12.8. The maximum atomic E-state index is 13.5. The van der Waals surface area contributed by atoms with Crippen molar-refractivity contribution in [1.29, 1.82) is 0 Å². The van der Waals surface area contributed by atoms with Crippen LogP contribution >= 0.6 is 0 Å². The number of methoxy groups -OCH3 is 3. The lowest BCUT2D eigenvalue weighted by atomic mass is 10.1. The molecule has 0 unspecified atom stereocenters. The van der Waals surface area contributed by atoms with Crippen LogP contribution in [-0.2, 0) is 17.1 Å². The van der Waals surface area contributed by atoms with Gasteiger partial charge in [0.25, 0.3) is 0 Å². The van der Waals surface area contributed by atoms with E-state index in [-0.39, 0.29) is 5.95 Å². The Morgan fingerprint density at radius 3 is 2.14 bits per heavy atom. The van der Waals surface area contributed by atoms with Crippen molar-refractivity contribution in [2.45, 2.75) is 25.0 Å². The first kappa shape index (κ1) is 25.9. The molecule has 0 bridgehead atoms. The quantitative estimate of drug-likeness (QED) is 0.325. The number of aryl methyl sites for hydroxylation is 1. The predicted molar refractivity (Wildman–Crippen MR) is 136 cm³/mol. The zero-order chi connectivity index (χ0) is 26.7. The van der Waals surface area contributed by atoms with E-state index in [1.54, 1.807) is 56.0 Å². The molecular formula is C23H28N8O5S. The van der Waals surface area contributed by atoms with E-state index >= 15 is 0 Å². The second kappa shape index (κ2) is 10.4. The molecule has 3 heterocycles. The van der Waals surface area contributed by atoms with E-state index in [1.165, 1.54) is 38.3 Å². The second-order valence-electron chi connectivity index (χ2n) is 8.19. The van der Waals surface area contributed by atoms with Gasteiger partial charge in [0.15, 0.2) is 11.6 Å². The van der Waals surface area contributed by atoms with Crippen LogP contribution in [-0.4, -0.2) is 69.5 Å². The standard InChI is InChI=1S/C23H28N8O5S/c1-14(21-24-12-16(34-4)13-25-21)15(2)37(32,33)29-23-27-26-22(17-10-11-30(3)28-17)31(23)20-18(35-5)8-7-9-19(20)36-6/h7-15H,1-6H3,(H,27,29)/t14-,15-/m1/s1. The van der Waals surface area contributed by atoms with Crippen LogP contribution in [0.4, 0.5) is 5.95 Å². The number of para-hydroxylation sites is 1. The average molecular weight is 529 g/mol. The Morgan fingerprint density at radius 1 is 0.946 bits per heavy atom. The largest absolute Gasteiger partial charge is 0.494 e. The summed E-state index contributed by atoms with van der Waals surface area (Å²) >= 11 is 0. The molecule has 0 aliphatic heterocycles. The van der Waals surface area contributed by atoms with Crippen LogP contribution in [0.25, 0.3) is 17.2 Å². The number of sulfonamides is 1. The van der Waals surface area contributed by atoms with Gasteiger partial charge < -0.3 is 14.2 Å². The Morgan fingerprint density at radius 2 is 1.59 bits per heavy atom. The number of nitrogens with zero attached hydrogens (tertiary/aromatic N) is 7. The lowest BCUT2D eigenvalue weighted by Crippen LogP contribution is -2.31. The molecule has 0 amide bonds. The zero-order valence-corrected chi connectivity index (χ0v) is 22.1. The van der Waals surface area contributed by atoms with Crippen molar-refractivity contribution in [3.8, 4) is 34.5 Å². The van der Waals surface area contributed by atoms with Crippen molar-refractivity contribution in [2.75, 3.05) is 26.1 Å². The molecule has 0 spiro atoms. The Hall–Kier alpha value is -4.20. The Bertz CT molecular complexity index is 1460. The van der Waals surface area contributed by atoms with Gasteiger partial charge in [-0.3, -0.25) is 14.0 Å². The van der Waals surface area contributed by atoms with Crippen molar-refractivity contribution < 1.29 is 22.6 Å². The van der Waals surface area contributed by atoms with Crippen LogP contribution in [0.5, 0.6) is 17.2 Å². The van der Waals surface area contributed by atoms with E-state index in [4.69, 9.17) is 14.2 Å². The molecule has 0 fully saturated rings. The van der Waals surface area contributed by atoms with Gasteiger partial charge in [-0.1, -0.05) is 13.0 Å². The summed E-state index contributed by atoms with van der Waals surface area (Å²) in [5.74, 6) is 1.37.